The first-order valence-corrected chi connectivity index (χ1v) is 8.28. The van der Waals surface area contributed by atoms with Crippen LogP contribution in [0.3, 0.4) is 0 Å². The van der Waals surface area contributed by atoms with Crippen molar-refractivity contribution in [3.05, 3.63) is 53.7 Å². The number of hydrogen-bond acceptors (Lipinski definition) is 5. The molecule has 0 fully saturated rings. The van der Waals surface area contributed by atoms with Crippen molar-refractivity contribution in [1.82, 2.24) is 10.3 Å². The molecule has 0 radical (unpaired) electrons. The lowest BCUT2D eigenvalue weighted by atomic mass is 10.2. The summed E-state index contributed by atoms with van der Waals surface area (Å²) in [6, 6.07) is 7.68. The topological polar surface area (TPSA) is 85.4 Å². The van der Waals surface area contributed by atoms with Gasteiger partial charge in [-0.3, -0.25) is 4.79 Å². The van der Waals surface area contributed by atoms with E-state index in [1.807, 2.05) is 0 Å². The number of alkyl halides is 2. The maximum absolute atomic E-state index is 12.4. The summed E-state index contributed by atoms with van der Waals surface area (Å²) in [5.41, 5.74) is 0.894. The van der Waals surface area contributed by atoms with Gasteiger partial charge in [-0.1, -0.05) is 6.07 Å². The molecule has 9 heteroatoms. The molecule has 0 spiro atoms. The normalized spacial score (nSPS) is 11.3. The predicted molar refractivity (Wildman–Crippen MR) is 81.6 cm³/mol. The van der Waals surface area contributed by atoms with E-state index in [-0.39, 0.29) is 12.1 Å². The van der Waals surface area contributed by atoms with Crippen LogP contribution in [0.15, 0.2) is 47.5 Å². The van der Waals surface area contributed by atoms with Crippen molar-refractivity contribution in [2.75, 3.05) is 7.11 Å². The van der Waals surface area contributed by atoms with Crippen molar-refractivity contribution in [3.8, 4) is 5.88 Å². The lowest BCUT2D eigenvalue weighted by molar-refractivity contribution is 0.0951. The van der Waals surface area contributed by atoms with E-state index in [4.69, 9.17) is 4.74 Å². The van der Waals surface area contributed by atoms with Gasteiger partial charge in [0.05, 0.1) is 12.0 Å². The second-order valence-electron chi connectivity index (χ2n) is 4.72. The van der Waals surface area contributed by atoms with E-state index in [1.54, 1.807) is 12.1 Å². The predicted octanol–water partition coefficient (Wildman–Crippen LogP) is 2.02. The van der Waals surface area contributed by atoms with Crippen molar-refractivity contribution in [2.24, 2.45) is 0 Å². The van der Waals surface area contributed by atoms with Crippen molar-refractivity contribution in [3.63, 3.8) is 0 Å². The lowest BCUT2D eigenvalue weighted by Crippen LogP contribution is -2.23. The van der Waals surface area contributed by atoms with Gasteiger partial charge < -0.3 is 10.1 Å². The number of nitrogens with one attached hydrogen (secondary N) is 1. The van der Waals surface area contributed by atoms with Gasteiger partial charge >= 0.3 is 5.76 Å². The number of halogens is 2. The molecule has 2 rings (SSSR count). The van der Waals surface area contributed by atoms with Gasteiger partial charge in [0.1, 0.15) is 0 Å². The van der Waals surface area contributed by atoms with Gasteiger partial charge in [0.25, 0.3) is 5.91 Å². The Morgan fingerprint density at radius 1 is 1.21 bits per heavy atom. The molecule has 0 aliphatic heterocycles. The number of nitrogens with zero attached hydrogens (tertiary/aromatic N) is 1. The number of carbonyl (C=O) groups is 1. The second-order valence-corrected chi connectivity index (χ2v) is 6.64. The third-order valence-corrected chi connectivity index (χ3v) is 4.54. The van der Waals surface area contributed by atoms with E-state index in [9.17, 15) is 22.0 Å². The molecule has 0 atom stereocenters. The number of ether oxygens (including phenoxy) is 1. The molecular weight excluding hydrogens is 342 g/mol. The largest absolute Gasteiger partial charge is 0.481 e. The number of aromatic nitrogens is 1. The Kier molecular flexibility index (Phi) is 5.45. The monoisotopic (exact) mass is 356 g/mol. The molecule has 1 N–H and O–H groups in total. The van der Waals surface area contributed by atoms with Gasteiger partial charge in [-0.15, -0.1) is 0 Å². The molecule has 1 heterocycles. The summed E-state index contributed by atoms with van der Waals surface area (Å²) < 4.78 is 52.4. The number of carbonyl (C=O) groups excluding carboxylic acids is 1. The van der Waals surface area contributed by atoms with Crippen LogP contribution in [0.25, 0.3) is 0 Å². The number of methoxy groups -OCH3 is 1. The van der Waals surface area contributed by atoms with Crippen LogP contribution in [0.1, 0.15) is 15.9 Å². The molecule has 2 aromatic rings. The summed E-state index contributed by atoms with van der Waals surface area (Å²) in [5.74, 6) is -3.52. The van der Waals surface area contributed by atoms with Crippen LogP contribution >= 0.6 is 0 Å². The third kappa shape index (κ3) is 4.05. The molecule has 0 unspecified atom stereocenters. The van der Waals surface area contributed by atoms with Crippen LogP contribution < -0.4 is 10.1 Å². The SMILES string of the molecule is COc1ccc(CNC(=O)c2ccc(S(=O)(=O)C(F)F)cc2)cn1. The number of pyridine rings is 1. The van der Waals surface area contributed by atoms with Gasteiger partial charge in [0, 0.05) is 24.4 Å². The molecule has 0 bridgehead atoms. The Bertz CT molecular complexity index is 806. The Labute approximate surface area is 137 Å². The highest BCUT2D eigenvalue weighted by Crippen LogP contribution is 2.18. The number of sulfone groups is 1. The highest BCUT2D eigenvalue weighted by molar-refractivity contribution is 7.91. The Morgan fingerprint density at radius 2 is 1.88 bits per heavy atom. The van der Waals surface area contributed by atoms with Crippen molar-refractivity contribution in [2.45, 2.75) is 17.2 Å². The number of rotatable bonds is 6. The van der Waals surface area contributed by atoms with Gasteiger partial charge in [-0.2, -0.15) is 8.78 Å². The summed E-state index contributed by atoms with van der Waals surface area (Å²) in [7, 11) is -3.18. The zero-order valence-corrected chi connectivity index (χ0v) is 13.4. The first-order valence-electron chi connectivity index (χ1n) is 6.74. The lowest BCUT2D eigenvalue weighted by Gasteiger charge is -2.07. The molecule has 6 nitrogen and oxygen atoms in total. The van der Waals surface area contributed by atoms with Crippen molar-refractivity contribution in [1.29, 1.82) is 0 Å². The van der Waals surface area contributed by atoms with E-state index >= 15 is 0 Å². The number of amides is 1. The first-order chi connectivity index (χ1) is 11.3. The molecule has 0 saturated heterocycles. The van der Waals surface area contributed by atoms with E-state index in [2.05, 4.69) is 10.3 Å². The summed E-state index contributed by atoms with van der Waals surface area (Å²) in [6.45, 7) is 0.201. The molecule has 1 aromatic carbocycles. The summed E-state index contributed by atoms with van der Waals surface area (Å²) in [6.07, 6.45) is 1.54. The van der Waals surface area contributed by atoms with Crippen molar-refractivity contribution < 1.29 is 26.7 Å². The maximum Gasteiger partial charge on any atom is 0.341 e. The standard InChI is InChI=1S/C15H14F2N2O4S/c1-23-13-7-2-10(8-18-13)9-19-14(20)11-3-5-12(6-4-11)24(21,22)15(16)17/h2-8,15H,9H2,1H3,(H,19,20). The fourth-order valence-electron chi connectivity index (χ4n) is 1.82. The first kappa shape index (κ1) is 17.8. The van der Waals surface area contributed by atoms with E-state index < -0.39 is 26.4 Å². The van der Waals surface area contributed by atoms with Gasteiger partial charge in [0.2, 0.25) is 15.7 Å². The van der Waals surface area contributed by atoms with Crippen LogP contribution in [-0.2, 0) is 16.4 Å². The molecule has 0 aliphatic carbocycles. The minimum Gasteiger partial charge on any atom is -0.481 e. The van der Waals surface area contributed by atoms with Crippen LogP contribution in [0.5, 0.6) is 5.88 Å². The van der Waals surface area contributed by atoms with E-state index in [0.717, 1.165) is 17.7 Å². The zero-order chi connectivity index (χ0) is 17.7. The van der Waals surface area contributed by atoms with Gasteiger partial charge in [-0.25, -0.2) is 13.4 Å². The molecular formula is C15H14F2N2O4S. The van der Waals surface area contributed by atoms with Crippen LogP contribution in [0.4, 0.5) is 8.78 Å². The molecule has 24 heavy (non-hydrogen) atoms. The smallest absolute Gasteiger partial charge is 0.341 e. The fourth-order valence-corrected chi connectivity index (χ4v) is 2.54. The average Bonchev–Trinajstić information content (AvgIpc) is 2.60. The highest BCUT2D eigenvalue weighted by Gasteiger charge is 2.26. The summed E-state index contributed by atoms with van der Waals surface area (Å²) >= 11 is 0. The molecule has 0 aliphatic rings. The third-order valence-electron chi connectivity index (χ3n) is 3.14. The number of benzene rings is 1. The molecule has 0 saturated carbocycles. The fraction of sp³-hybridized carbons (Fsp3) is 0.200. The Balaban J connectivity index is 2.02. The summed E-state index contributed by atoms with van der Waals surface area (Å²) in [5, 5.41) is 2.62. The van der Waals surface area contributed by atoms with Crippen LogP contribution in [0, 0.1) is 0 Å². The van der Waals surface area contributed by atoms with Gasteiger partial charge in [0.15, 0.2) is 0 Å². The number of hydrogen-bond donors (Lipinski definition) is 1. The quantitative estimate of drug-likeness (QED) is 0.856. The molecule has 1 amide bonds. The van der Waals surface area contributed by atoms with Gasteiger partial charge in [-0.05, 0) is 29.8 Å². The second kappa shape index (κ2) is 7.35. The minimum atomic E-state index is -4.67. The maximum atomic E-state index is 12.4. The zero-order valence-electron chi connectivity index (χ0n) is 12.6. The van der Waals surface area contributed by atoms with Crippen LogP contribution in [-0.4, -0.2) is 32.2 Å². The minimum absolute atomic E-state index is 0.157. The Hall–Kier alpha value is -2.55. The van der Waals surface area contributed by atoms with Crippen LogP contribution in [0.2, 0.25) is 0 Å². The molecule has 128 valence electrons. The average molecular weight is 356 g/mol. The van der Waals surface area contributed by atoms with E-state index in [0.29, 0.717) is 5.88 Å². The molecule has 1 aromatic heterocycles. The summed E-state index contributed by atoms with van der Waals surface area (Å²) in [4.78, 5) is 15.4. The Morgan fingerprint density at radius 3 is 2.38 bits per heavy atom. The highest BCUT2D eigenvalue weighted by atomic mass is 32.2. The van der Waals surface area contributed by atoms with Crippen molar-refractivity contribution >= 4 is 15.7 Å². The van der Waals surface area contributed by atoms with E-state index in [1.165, 1.54) is 25.4 Å².